The maximum absolute atomic E-state index is 6.55. The molecular formula is C17H24BrClO2. The zero-order valence-electron chi connectivity index (χ0n) is 12.6. The molecule has 0 amide bonds. The van der Waals surface area contributed by atoms with Gasteiger partial charge in [-0.3, -0.25) is 0 Å². The number of hydrogen-bond acceptors (Lipinski definition) is 2. The van der Waals surface area contributed by atoms with Gasteiger partial charge in [0.1, 0.15) is 12.4 Å². The van der Waals surface area contributed by atoms with Gasteiger partial charge in [0.05, 0.1) is 16.5 Å². The number of hydrogen-bond donors (Lipinski definition) is 0. The third-order valence-electron chi connectivity index (χ3n) is 4.17. The fourth-order valence-electron chi connectivity index (χ4n) is 2.91. The van der Waals surface area contributed by atoms with Crippen LogP contribution in [0.25, 0.3) is 0 Å². The van der Waals surface area contributed by atoms with Crippen molar-refractivity contribution in [3.05, 3.63) is 28.2 Å². The Bertz CT molecular complexity index is 433. The third kappa shape index (κ3) is 5.46. The van der Waals surface area contributed by atoms with Crippen molar-refractivity contribution >= 4 is 27.5 Å². The molecule has 0 radical (unpaired) electrons. The summed E-state index contributed by atoms with van der Waals surface area (Å²) in [6.45, 7) is 1.15. The van der Waals surface area contributed by atoms with Gasteiger partial charge in [-0.1, -0.05) is 31.7 Å². The minimum Gasteiger partial charge on any atom is -0.490 e. The second kappa shape index (κ2) is 9.02. The highest BCUT2D eigenvalue weighted by atomic mass is 79.9. The smallest absolute Gasteiger partial charge is 0.133 e. The molecule has 2 rings (SSSR count). The minimum absolute atomic E-state index is 0.0925. The second-order valence-corrected chi connectivity index (χ2v) is 7.11. The van der Waals surface area contributed by atoms with Crippen molar-refractivity contribution in [1.82, 2.24) is 0 Å². The van der Waals surface area contributed by atoms with Crippen LogP contribution in [0.3, 0.4) is 0 Å². The summed E-state index contributed by atoms with van der Waals surface area (Å²) in [6, 6.07) is 6.13. The lowest BCUT2D eigenvalue weighted by molar-refractivity contribution is 0.146. The Labute approximate surface area is 141 Å². The van der Waals surface area contributed by atoms with Crippen LogP contribution in [-0.4, -0.2) is 20.3 Å². The van der Waals surface area contributed by atoms with Crippen molar-refractivity contribution in [1.29, 1.82) is 0 Å². The summed E-state index contributed by atoms with van der Waals surface area (Å²) in [7, 11) is 1.67. The first-order valence-corrected chi connectivity index (χ1v) is 8.99. The predicted molar refractivity (Wildman–Crippen MR) is 91.3 cm³/mol. The van der Waals surface area contributed by atoms with Gasteiger partial charge >= 0.3 is 0 Å². The fourth-order valence-corrected chi connectivity index (χ4v) is 3.68. The van der Waals surface area contributed by atoms with Crippen LogP contribution in [0, 0.1) is 5.92 Å². The number of alkyl halides is 1. The highest BCUT2D eigenvalue weighted by Crippen LogP contribution is 2.36. The van der Waals surface area contributed by atoms with E-state index in [0.29, 0.717) is 13.2 Å². The average Bonchev–Trinajstić information content (AvgIpc) is 3.00. The van der Waals surface area contributed by atoms with Crippen LogP contribution in [-0.2, 0) is 4.74 Å². The van der Waals surface area contributed by atoms with Crippen molar-refractivity contribution < 1.29 is 9.47 Å². The lowest BCUT2D eigenvalue weighted by atomic mass is 9.98. The molecule has 118 valence electrons. The average molecular weight is 376 g/mol. The van der Waals surface area contributed by atoms with Crippen molar-refractivity contribution in [3.8, 4) is 5.75 Å². The van der Waals surface area contributed by atoms with Gasteiger partial charge in [0.15, 0.2) is 0 Å². The molecule has 0 bridgehead atoms. The molecule has 1 atom stereocenters. The van der Waals surface area contributed by atoms with Crippen molar-refractivity contribution in [3.63, 3.8) is 0 Å². The molecule has 2 nitrogen and oxygen atoms in total. The number of benzene rings is 1. The van der Waals surface area contributed by atoms with E-state index in [1.807, 2.05) is 6.07 Å². The number of ether oxygens (including phenoxy) is 2. The number of halogens is 2. The van der Waals surface area contributed by atoms with Gasteiger partial charge < -0.3 is 9.47 Å². The van der Waals surface area contributed by atoms with E-state index < -0.39 is 0 Å². The maximum Gasteiger partial charge on any atom is 0.133 e. The molecule has 1 aromatic carbocycles. The van der Waals surface area contributed by atoms with E-state index in [9.17, 15) is 0 Å². The second-order valence-electron chi connectivity index (χ2n) is 5.73. The molecular weight excluding hydrogens is 352 g/mol. The molecule has 0 saturated heterocycles. The van der Waals surface area contributed by atoms with Crippen LogP contribution in [0.4, 0.5) is 0 Å². The minimum atomic E-state index is 0.0925. The molecule has 1 unspecified atom stereocenters. The Balaban J connectivity index is 1.85. The molecule has 0 heterocycles. The van der Waals surface area contributed by atoms with Gasteiger partial charge in [-0.25, -0.2) is 0 Å². The first-order valence-electron chi connectivity index (χ1n) is 7.76. The van der Waals surface area contributed by atoms with Gasteiger partial charge in [0, 0.05) is 7.11 Å². The summed E-state index contributed by atoms with van der Waals surface area (Å²) in [5.74, 6) is 1.74. The SMILES string of the molecule is COCCOc1ccc(C(Cl)CCC2CCCC2)cc1Br. The van der Waals surface area contributed by atoms with Crippen molar-refractivity contribution in [2.75, 3.05) is 20.3 Å². The molecule has 4 heteroatoms. The molecule has 1 aliphatic rings. The summed E-state index contributed by atoms with van der Waals surface area (Å²) in [5, 5.41) is 0.0925. The largest absolute Gasteiger partial charge is 0.490 e. The summed E-state index contributed by atoms with van der Waals surface area (Å²) in [4.78, 5) is 0. The highest BCUT2D eigenvalue weighted by molar-refractivity contribution is 9.10. The zero-order chi connectivity index (χ0) is 15.1. The van der Waals surface area contributed by atoms with Crippen LogP contribution in [0.15, 0.2) is 22.7 Å². The Kier molecular flexibility index (Phi) is 7.35. The molecule has 0 spiro atoms. The van der Waals surface area contributed by atoms with Crippen molar-refractivity contribution in [2.24, 2.45) is 5.92 Å². The van der Waals surface area contributed by atoms with Crippen LogP contribution in [0.5, 0.6) is 5.75 Å². The summed E-state index contributed by atoms with van der Waals surface area (Å²) in [6.07, 6.45) is 7.88. The van der Waals surface area contributed by atoms with E-state index in [2.05, 4.69) is 28.1 Å². The lowest BCUT2D eigenvalue weighted by Crippen LogP contribution is -2.05. The Morgan fingerprint density at radius 3 is 2.71 bits per heavy atom. The molecule has 21 heavy (non-hydrogen) atoms. The monoisotopic (exact) mass is 374 g/mol. The van der Waals surface area contributed by atoms with Crippen LogP contribution in [0.1, 0.15) is 49.5 Å². The standard InChI is InChI=1S/C17H24BrClO2/c1-20-10-11-21-17-9-7-14(12-15(17)18)16(19)8-6-13-4-2-3-5-13/h7,9,12-13,16H,2-6,8,10-11H2,1H3. The predicted octanol–water partition coefficient (Wildman–Crippen LogP) is 5.72. The number of rotatable bonds is 8. The van der Waals surface area contributed by atoms with E-state index in [-0.39, 0.29) is 5.38 Å². The quantitative estimate of drug-likeness (QED) is 0.427. The van der Waals surface area contributed by atoms with Crippen LogP contribution < -0.4 is 4.74 Å². The summed E-state index contributed by atoms with van der Waals surface area (Å²) in [5.41, 5.74) is 1.17. The molecule has 1 saturated carbocycles. The van der Waals surface area contributed by atoms with Crippen LogP contribution in [0.2, 0.25) is 0 Å². The first-order chi connectivity index (χ1) is 10.2. The van der Waals surface area contributed by atoms with Gasteiger partial charge in [-0.2, -0.15) is 0 Å². The Hall–Kier alpha value is -0.250. The van der Waals surface area contributed by atoms with E-state index >= 15 is 0 Å². The normalized spacial score (nSPS) is 17.1. The van der Waals surface area contributed by atoms with Gasteiger partial charge in [0.2, 0.25) is 0 Å². The molecule has 1 aliphatic carbocycles. The van der Waals surface area contributed by atoms with E-state index in [1.54, 1.807) is 7.11 Å². The summed E-state index contributed by atoms with van der Waals surface area (Å²) >= 11 is 10.1. The number of methoxy groups -OCH3 is 1. The Morgan fingerprint density at radius 2 is 2.05 bits per heavy atom. The molecule has 0 aromatic heterocycles. The van der Waals surface area contributed by atoms with Crippen molar-refractivity contribution in [2.45, 2.75) is 43.9 Å². The zero-order valence-corrected chi connectivity index (χ0v) is 15.0. The third-order valence-corrected chi connectivity index (χ3v) is 5.26. The van der Waals surface area contributed by atoms with E-state index in [0.717, 1.165) is 22.6 Å². The molecule has 0 N–H and O–H groups in total. The maximum atomic E-state index is 6.55. The van der Waals surface area contributed by atoms with Gasteiger partial charge in [-0.15, -0.1) is 11.6 Å². The van der Waals surface area contributed by atoms with E-state index in [4.69, 9.17) is 21.1 Å². The molecule has 1 fully saturated rings. The lowest BCUT2D eigenvalue weighted by Gasteiger charge is -2.15. The topological polar surface area (TPSA) is 18.5 Å². The first kappa shape index (κ1) is 17.1. The van der Waals surface area contributed by atoms with E-state index in [1.165, 1.54) is 37.7 Å². The highest BCUT2D eigenvalue weighted by Gasteiger charge is 2.17. The molecule has 1 aromatic rings. The van der Waals surface area contributed by atoms with Gasteiger partial charge in [-0.05, 0) is 52.4 Å². The Morgan fingerprint density at radius 1 is 1.29 bits per heavy atom. The summed E-state index contributed by atoms with van der Waals surface area (Å²) < 4.78 is 11.6. The fraction of sp³-hybridized carbons (Fsp3) is 0.647. The van der Waals surface area contributed by atoms with Crippen LogP contribution >= 0.6 is 27.5 Å². The van der Waals surface area contributed by atoms with Gasteiger partial charge in [0.25, 0.3) is 0 Å². The molecule has 0 aliphatic heterocycles.